The zero-order chi connectivity index (χ0) is 15.3. The van der Waals surface area contributed by atoms with Crippen LogP contribution in [-0.4, -0.2) is 4.57 Å². The third-order valence-electron chi connectivity index (χ3n) is 3.81. The van der Waals surface area contributed by atoms with Gasteiger partial charge in [0.15, 0.2) is 0 Å². The van der Waals surface area contributed by atoms with E-state index >= 15 is 0 Å². The average molecular weight is 330 g/mol. The molecule has 0 aliphatic heterocycles. The van der Waals surface area contributed by atoms with Gasteiger partial charge in [0.1, 0.15) is 5.82 Å². The van der Waals surface area contributed by atoms with E-state index in [4.69, 9.17) is 23.2 Å². The van der Waals surface area contributed by atoms with Crippen molar-refractivity contribution in [2.45, 2.75) is 0 Å². The SMILES string of the molecule is Fc1cc(-n2c3ccccc3c3ccccc32)cc(Cl)c1Cl. The molecule has 0 spiro atoms. The third kappa shape index (κ3) is 1.92. The molecule has 4 heteroatoms. The van der Waals surface area contributed by atoms with Gasteiger partial charge in [0.2, 0.25) is 0 Å². The molecule has 1 nitrogen and oxygen atoms in total. The van der Waals surface area contributed by atoms with Crippen LogP contribution < -0.4 is 0 Å². The minimum Gasteiger partial charge on any atom is -0.309 e. The summed E-state index contributed by atoms with van der Waals surface area (Å²) in [6, 6.07) is 19.1. The first kappa shape index (κ1) is 13.6. The first-order valence-corrected chi connectivity index (χ1v) is 7.55. The van der Waals surface area contributed by atoms with Gasteiger partial charge < -0.3 is 4.57 Å². The first-order valence-electron chi connectivity index (χ1n) is 6.80. The summed E-state index contributed by atoms with van der Waals surface area (Å²) in [6.07, 6.45) is 0. The van der Waals surface area contributed by atoms with E-state index in [1.54, 1.807) is 6.07 Å². The summed E-state index contributed by atoms with van der Waals surface area (Å²) >= 11 is 11.9. The molecule has 0 bridgehead atoms. The van der Waals surface area contributed by atoms with Crippen molar-refractivity contribution in [3.05, 3.63) is 76.5 Å². The minimum atomic E-state index is -0.522. The number of fused-ring (bicyclic) bond motifs is 3. The Morgan fingerprint density at radius 3 is 1.86 bits per heavy atom. The molecule has 0 amide bonds. The van der Waals surface area contributed by atoms with Crippen molar-refractivity contribution in [2.75, 3.05) is 0 Å². The van der Waals surface area contributed by atoms with Crippen molar-refractivity contribution in [1.29, 1.82) is 0 Å². The van der Waals surface area contributed by atoms with Crippen LogP contribution in [-0.2, 0) is 0 Å². The Morgan fingerprint density at radius 2 is 1.32 bits per heavy atom. The molecule has 108 valence electrons. The highest BCUT2D eigenvalue weighted by Gasteiger charge is 2.14. The van der Waals surface area contributed by atoms with E-state index in [0.717, 1.165) is 21.8 Å². The normalized spacial score (nSPS) is 11.4. The van der Waals surface area contributed by atoms with Crippen LogP contribution in [0.5, 0.6) is 0 Å². The van der Waals surface area contributed by atoms with Crippen LogP contribution in [0.15, 0.2) is 60.7 Å². The van der Waals surface area contributed by atoms with Gasteiger partial charge in [0.05, 0.1) is 26.8 Å². The second-order valence-electron chi connectivity index (χ2n) is 5.09. The summed E-state index contributed by atoms with van der Waals surface area (Å²) in [5, 5.41) is 2.39. The smallest absolute Gasteiger partial charge is 0.145 e. The van der Waals surface area contributed by atoms with Crippen LogP contribution in [0.3, 0.4) is 0 Å². The molecule has 0 fully saturated rings. The number of benzene rings is 3. The van der Waals surface area contributed by atoms with Crippen LogP contribution in [0.4, 0.5) is 4.39 Å². The molecule has 0 radical (unpaired) electrons. The highest BCUT2D eigenvalue weighted by atomic mass is 35.5. The van der Waals surface area contributed by atoms with E-state index in [-0.39, 0.29) is 10.0 Å². The molecule has 1 heterocycles. The fraction of sp³-hybridized carbons (Fsp3) is 0. The summed E-state index contributed by atoms with van der Waals surface area (Å²) in [7, 11) is 0. The zero-order valence-electron chi connectivity index (χ0n) is 11.4. The quantitative estimate of drug-likeness (QED) is 0.365. The predicted molar refractivity (Wildman–Crippen MR) is 90.8 cm³/mol. The molecule has 4 rings (SSSR count). The van der Waals surface area contributed by atoms with Crippen LogP contribution in [0.1, 0.15) is 0 Å². The van der Waals surface area contributed by atoms with Crippen molar-refractivity contribution >= 4 is 45.0 Å². The Labute approximate surface area is 136 Å². The monoisotopic (exact) mass is 329 g/mol. The Kier molecular flexibility index (Phi) is 3.10. The van der Waals surface area contributed by atoms with Crippen molar-refractivity contribution < 1.29 is 4.39 Å². The summed E-state index contributed by atoms with van der Waals surface area (Å²) in [4.78, 5) is 0. The number of hydrogen-bond donors (Lipinski definition) is 0. The number of hydrogen-bond acceptors (Lipinski definition) is 0. The number of aromatic nitrogens is 1. The fourth-order valence-corrected chi connectivity index (χ4v) is 3.18. The zero-order valence-corrected chi connectivity index (χ0v) is 12.9. The summed E-state index contributed by atoms with van der Waals surface area (Å²) in [5.74, 6) is -0.522. The van der Waals surface area contributed by atoms with E-state index in [1.165, 1.54) is 6.07 Å². The number of halogens is 3. The van der Waals surface area contributed by atoms with Crippen LogP contribution in [0.25, 0.3) is 27.5 Å². The largest absolute Gasteiger partial charge is 0.309 e. The lowest BCUT2D eigenvalue weighted by Gasteiger charge is -2.09. The molecule has 0 atom stereocenters. The van der Waals surface area contributed by atoms with Gasteiger partial charge in [-0.3, -0.25) is 0 Å². The number of rotatable bonds is 1. The van der Waals surface area contributed by atoms with Crippen LogP contribution in [0, 0.1) is 5.82 Å². The van der Waals surface area contributed by atoms with Crippen LogP contribution in [0.2, 0.25) is 10.0 Å². The van der Waals surface area contributed by atoms with Gasteiger partial charge in [-0.25, -0.2) is 4.39 Å². The Balaban J connectivity index is 2.17. The van der Waals surface area contributed by atoms with Crippen LogP contribution >= 0.6 is 23.2 Å². The summed E-state index contributed by atoms with van der Waals surface area (Å²) in [6.45, 7) is 0. The van der Waals surface area contributed by atoms with E-state index in [9.17, 15) is 4.39 Å². The Morgan fingerprint density at radius 1 is 0.773 bits per heavy atom. The predicted octanol–water partition coefficient (Wildman–Crippen LogP) is 6.23. The van der Waals surface area contributed by atoms with Gasteiger partial charge in [-0.05, 0) is 24.3 Å². The third-order valence-corrected chi connectivity index (χ3v) is 4.59. The first-order chi connectivity index (χ1) is 10.7. The molecule has 0 N–H and O–H groups in total. The Hall–Kier alpha value is -2.03. The van der Waals surface area contributed by atoms with Gasteiger partial charge in [-0.15, -0.1) is 0 Å². The van der Waals surface area contributed by atoms with Crippen molar-refractivity contribution in [2.24, 2.45) is 0 Å². The van der Waals surface area contributed by atoms with E-state index in [1.807, 2.05) is 41.0 Å². The van der Waals surface area contributed by atoms with Crippen molar-refractivity contribution in [3.63, 3.8) is 0 Å². The standard InChI is InChI=1S/C18H10Cl2FN/c19-14-9-11(10-15(21)18(14)20)22-16-7-3-1-5-12(16)13-6-2-4-8-17(13)22/h1-10H. The molecule has 4 aromatic rings. The second kappa shape index (κ2) is 5.01. The number of para-hydroxylation sites is 2. The van der Waals surface area contributed by atoms with Crippen molar-refractivity contribution in [3.8, 4) is 5.69 Å². The average Bonchev–Trinajstić information content (AvgIpc) is 2.87. The summed E-state index contributed by atoms with van der Waals surface area (Å²) < 4.78 is 16.0. The molecule has 0 saturated heterocycles. The highest BCUT2D eigenvalue weighted by molar-refractivity contribution is 6.42. The molecule has 0 saturated carbocycles. The number of nitrogens with zero attached hydrogens (tertiary/aromatic N) is 1. The van der Waals surface area contributed by atoms with Gasteiger partial charge in [-0.1, -0.05) is 59.6 Å². The highest BCUT2D eigenvalue weighted by Crippen LogP contribution is 2.34. The molecule has 1 aromatic heterocycles. The molecular formula is C18H10Cl2FN. The maximum absolute atomic E-state index is 14.0. The second-order valence-corrected chi connectivity index (χ2v) is 5.88. The van der Waals surface area contributed by atoms with Crippen molar-refractivity contribution in [1.82, 2.24) is 4.57 Å². The summed E-state index contributed by atoms with van der Waals surface area (Å²) in [5.41, 5.74) is 2.66. The molecule has 22 heavy (non-hydrogen) atoms. The van der Waals surface area contributed by atoms with E-state index < -0.39 is 5.82 Å². The minimum absolute atomic E-state index is 0.0498. The van der Waals surface area contributed by atoms with E-state index in [2.05, 4.69) is 12.1 Å². The van der Waals surface area contributed by atoms with E-state index in [0.29, 0.717) is 5.69 Å². The van der Waals surface area contributed by atoms with Gasteiger partial charge in [0, 0.05) is 10.8 Å². The maximum atomic E-state index is 14.0. The maximum Gasteiger partial charge on any atom is 0.145 e. The lowest BCUT2D eigenvalue weighted by molar-refractivity contribution is 0.627. The lowest BCUT2D eigenvalue weighted by atomic mass is 10.2. The lowest BCUT2D eigenvalue weighted by Crippen LogP contribution is -1.95. The molecule has 0 unspecified atom stereocenters. The Bertz CT molecular complexity index is 944. The van der Waals surface area contributed by atoms with Gasteiger partial charge in [0.25, 0.3) is 0 Å². The fourth-order valence-electron chi connectivity index (χ4n) is 2.87. The molecular weight excluding hydrogens is 320 g/mol. The molecule has 0 aliphatic carbocycles. The topological polar surface area (TPSA) is 4.93 Å². The van der Waals surface area contributed by atoms with Gasteiger partial charge in [-0.2, -0.15) is 0 Å². The van der Waals surface area contributed by atoms with Gasteiger partial charge >= 0.3 is 0 Å². The molecule has 3 aromatic carbocycles. The molecule has 0 aliphatic rings.